The monoisotopic (exact) mass is 486 g/mol. The van der Waals surface area contributed by atoms with Gasteiger partial charge in [0, 0.05) is 55.1 Å². The zero-order valence-electron chi connectivity index (χ0n) is 20.8. The van der Waals surface area contributed by atoms with Gasteiger partial charge < -0.3 is 15.4 Å². The molecular weight excluding hydrogens is 452 g/mol. The van der Waals surface area contributed by atoms with Crippen LogP contribution in [0.2, 0.25) is 0 Å². The second-order valence-electron chi connectivity index (χ2n) is 10.4. The molecular formula is C28H34N6O2. The zero-order valence-corrected chi connectivity index (χ0v) is 20.8. The van der Waals surface area contributed by atoms with E-state index >= 15 is 0 Å². The summed E-state index contributed by atoms with van der Waals surface area (Å²) in [5.41, 5.74) is 5.73. The Bertz CT molecular complexity index is 1220. The first-order valence-corrected chi connectivity index (χ1v) is 13.1. The first kappa shape index (κ1) is 23.2. The van der Waals surface area contributed by atoms with Crippen LogP contribution in [0.5, 0.6) is 0 Å². The molecule has 3 aliphatic rings. The van der Waals surface area contributed by atoms with Crippen LogP contribution in [0.3, 0.4) is 0 Å². The number of amides is 1. The largest absolute Gasteiger partial charge is 0.381 e. The highest BCUT2D eigenvalue weighted by molar-refractivity contribution is 5.96. The highest BCUT2D eigenvalue weighted by atomic mass is 16.5. The minimum absolute atomic E-state index is 0.00322. The van der Waals surface area contributed by atoms with Crippen molar-refractivity contribution in [2.24, 2.45) is 0 Å². The van der Waals surface area contributed by atoms with E-state index in [2.05, 4.69) is 38.6 Å². The summed E-state index contributed by atoms with van der Waals surface area (Å²) < 4.78 is 7.42. The Hall–Kier alpha value is -3.23. The van der Waals surface area contributed by atoms with Gasteiger partial charge in [-0.15, -0.1) is 0 Å². The Morgan fingerprint density at radius 3 is 2.67 bits per heavy atom. The lowest BCUT2D eigenvalue weighted by molar-refractivity contribution is 0.0951. The van der Waals surface area contributed by atoms with E-state index in [9.17, 15) is 4.79 Å². The van der Waals surface area contributed by atoms with Crippen molar-refractivity contribution < 1.29 is 9.53 Å². The second-order valence-corrected chi connectivity index (χ2v) is 10.4. The number of aryl methyl sites for hydroxylation is 1. The fourth-order valence-corrected chi connectivity index (χ4v) is 5.26. The maximum atomic E-state index is 12.5. The van der Waals surface area contributed by atoms with Gasteiger partial charge in [0.05, 0.1) is 36.6 Å². The number of rotatable bonds is 7. The normalized spacial score (nSPS) is 21.0. The topological polar surface area (TPSA) is 84.3 Å². The van der Waals surface area contributed by atoms with Gasteiger partial charge in [-0.25, -0.2) is 4.68 Å². The predicted molar refractivity (Wildman–Crippen MR) is 139 cm³/mol. The third kappa shape index (κ3) is 5.15. The van der Waals surface area contributed by atoms with Crippen LogP contribution in [0.25, 0.3) is 16.8 Å². The molecule has 8 heteroatoms. The molecule has 36 heavy (non-hydrogen) atoms. The summed E-state index contributed by atoms with van der Waals surface area (Å²) in [5, 5.41) is 11.4. The number of pyridine rings is 1. The lowest BCUT2D eigenvalue weighted by Crippen LogP contribution is -2.44. The van der Waals surface area contributed by atoms with Crippen LogP contribution < -0.4 is 10.6 Å². The molecule has 188 valence electrons. The van der Waals surface area contributed by atoms with Gasteiger partial charge in [-0.3, -0.25) is 14.7 Å². The molecule has 8 nitrogen and oxygen atoms in total. The van der Waals surface area contributed by atoms with E-state index < -0.39 is 0 Å². The molecule has 2 saturated heterocycles. The van der Waals surface area contributed by atoms with E-state index in [1.54, 1.807) is 0 Å². The van der Waals surface area contributed by atoms with E-state index in [0.717, 1.165) is 86.5 Å². The standard InChI is InChI=1S/C28H34N6O2/c1-19-2-3-20(28(35)32-22-4-5-22)12-27(19)21-14-30-34(17-21)26-13-24(15-29-16-26)31-23-6-9-33(10-7-23)25-8-11-36-18-25/h2-3,12-17,22-23,25,31H,4-11,18H2,1H3,(H,32,35). The van der Waals surface area contributed by atoms with E-state index in [-0.39, 0.29) is 5.91 Å². The Morgan fingerprint density at radius 1 is 1.03 bits per heavy atom. The number of likely N-dealkylation sites (tertiary alicyclic amines) is 1. The number of hydrogen-bond acceptors (Lipinski definition) is 6. The van der Waals surface area contributed by atoms with Crippen molar-refractivity contribution in [3.8, 4) is 16.8 Å². The van der Waals surface area contributed by atoms with E-state index in [0.29, 0.717) is 23.7 Å². The lowest BCUT2D eigenvalue weighted by atomic mass is 10.0. The van der Waals surface area contributed by atoms with Gasteiger partial charge in [0.25, 0.3) is 5.91 Å². The van der Waals surface area contributed by atoms with Crippen LogP contribution >= 0.6 is 0 Å². The minimum Gasteiger partial charge on any atom is -0.381 e. The molecule has 1 amide bonds. The summed E-state index contributed by atoms with van der Waals surface area (Å²) >= 11 is 0. The maximum Gasteiger partial charge on any atom is 0.251 e. The molecule has 0 bridgehead atoms. The lowest BCUT2D eigenvalue weighted by Gasteiger charge is -2.35. The highest BCUT2D eigenvalue weighted by Gasteiger charge is 2.28. The number of anilines is 1. The first-order valence-electron chi connectivity index (χ1n) is 13.1. The molecule has 0 radical (unpaired) electrons. The summed E-state index contributed by atoms with van der Waals surface area (Å²) in [4.78, 5) is 19.6. The van der Waals surface area contributed by atoms with Crippen molar-refractivity contribution >= 4 is 11.6 Å². The summed E-state index contributed by atoms with van der Waals surface area (Å²) in [5.74, 6) is -0.00322. The van der Waals surface area contributed by atoms with Crippen molar-refractivity contribution in [1.82, 2.24) is 25.0 Å². The molecule has 1 saturated carbocycles. The minimum atomic E-state index is -0.00322. The summed E-state index contributed by atoms with van der Waals surface area (Å²) in [6, 6.07) is 9.36. The number of hydrogen-bond donors (Lipinski definition) is 2. The number of aromatic nitrogens is 3. The summed E-state index contributed by atoms with van der Waals surface area (Å²) in [6.07, 6.45) is 13.1. The summed E-state index contributed by atoms with van der Waals surface area (Å²) in [6.45, 7) is 6.06. The molecule has 2 aromatic heterocycles. The highest BCUT2D eigenvalue weighted by Crippen LogP contribution is 2.27. The number of carbonyl (C=O) groups is 1. The Kier molecular flexibility index (Phi) is 6.46. The third-order valence-electron chi connectivity index (χ3n) is 7.62. The smallest absolute Gasteiger partial charge is 0.251 e. The van der Waals surface area contributed by atoms with Crippen molar-refractivity contribution in [2.45, 2.75) is 57.2 Å². The van der Waals surface area contributed by atoms with E-state index in [1.165, 1.54) is 0 Å². The number of nitrogens with one attached hydrogen (secondary N) is 2. The van der Waals surface area contributed by atoms with E-state index in [1.807, 2.05) is 47.7 Å². The van der Waals surface area contributed by atoms with Gasteiger partial charge in [-0.1, -0.05) is 6.07 Å². The molecule has 1 aromatic carbocycles. The van der Waals surface area contributed by atoms with Crippen molar-refractivity contribution in [2.75, 3.05) is 31.6 Å². The third-order valence-corrected chi connectivity index (χ3v) is 7.62. The molecule has 1 aliphatic carbocycles. The van der Waals surface area contributed by atoms with Crippen molar-refractivity contribution in [1.29, 1.82) is 0 Å². The van der Waals surface area contributed by atoms with Crippen LogP contribution in [-0.2, 0) is 4.74 Å². The number of ether oxygens (including phenoxy) is 1. The molecule has 6 rings (SSSR count). The van der Waals surface area contributed by atoms with Gasteiger partial charge in [0.15, 0.2) is 0 Å². The van der Waals surface area contributed by atoms with Gasteiger partial charge in [0.2, 0.25) is 0 Å². The van der Waals surface area contributed by atoms with E-state index in [4.69, 9.17) is 4.74 Å². The fraction of sp³-hybridized carbons (Fsp3) is 0.464. The number of nitrogens with zero attached hydrogens (tertiary/aromatic N) is 4. The Balaban J connectivity index is 1.13. The number of benzene rings is 1. The van der Waals surface area contributed by atoms with Crippen LogP contribution in [0.15, 0.2) is 49.1 Å². The Labute approximate surface area is 212 Å². The van der Waals surface area contributed by atoms with Gasteiger partial charge >= 0.3 is 0 Å². The van der Waals surface area contributed by atoms with Gasteiger partial charge in [-0.2, -0.15) is 5.10 Å². The van der Waals surface area contributed by atoms with Crippen LogP contribution in [0, 0.1) is 6.92 Å². The second kappa shape index (κ2) is 10.0. The van der Waals surface area contributed by atoms with Crippen LogP contribution in [0.4, 0.5) is 5.69 Å². The molecule has 2 aliphatic heterocycles. The zero-order chi connectivity index (χ0) is 24.5. The number of piperidine rings is 1. The SMILES string of the molecule is Cc1ccc(C(=O)NC2CC2)cc1-c1cnn(-c2cncc(NC3CCN(C4CCOC4)CC3)c2)c1. The fourth-order valence-electron chi connectivity index (χ4n) is 5.26. The van der Waals surface area contributed by atoms with Crippen LogP contribution in [-0.4, -0.2) is 70.0 Å². The molecule has 1 atom stereocenters. The quantitative estimate of drug-likeness (QED) is 0.529. The average Bonchev–Trinajstić information content (AvgIpc) is 3.33. The molecule has 0 spiro atoms. The van der Waals surface area contributed by atoms with Gasteiger partial charge in [0.1, 0.15) is 0 Å². The average molecular weight is 487 g/mol. The molecule has 3 aromatic rings. The molecule has 4 heterocycles. The summed E-state index contributed by atoms with van der Waals surface area (Å²) in [7, 11) is 0. The van der Waals surface area contributed by atoms with Crippen LogP contribution in [0.1, 0.15) is 48.0 Å². The molecule has 2 N–H and O–H groups in total. The molecule has 1 unspecified atom stereocenters. The van der Waals surface area contributed by atoms with Crippen molar-refractivity contribution in [3.63, 3.8) is 0 Å². The number of carbonyl (C=O) groups excluding carboxylic acids is 1. The molecule has 3 fully saturated rings. The first-order chi connectivity index (χ1) is 17.6. The Morgan fingerprint density at radius 2 is 1.89 bits per heavy atom. The van der Waals surface area contributed by atoms with Gasteiger partial charge in [-0.05, 0) is 68.4 Å². The maximum absolute atomic E-state index is 12.5. The predicted octanol–water partition coefficient (Wildman–Crippen LogP) is 3.80. The van der Waals surface area contributed by atoms with Crippen molar-refractivity contribution in [3.05, 3.63) is 60.2 Å².